The Labute approximate surface area is 206 Å². The first-order chi connectivity index (χ1) is 15.9. The van der Waals surface area contributed by atoms with Crippen LogP contribution in [-0.2, 0) is 19.2 Å². The summed E-state index contributed by atoms with van der Waals surface area (Å²) in [7, 11) is 0. The second-order valence-electron chi connectivity index (χ2n) is 8.38. The molecule has 0 spiro atoms. The number of carbonyl (C=O) groups is 4. The summed E-state index contributed by atoms with van der Waals surface area (Å²) >= 11 is 3.95. The van der Waals surface area contributed by atoms with Gasteiger partial charge in [0.2, 0.25) is 17.7 Å². The van der Waals surface area contributed by atoms with E-state index in [9.17, 15) is 24.3 Å². The van der Waals surface area contributed by atoms with E-state index in [4.69, 9.17) is 17.2 Å². The van der Waals surface area contributed by atoms with E-state index in [-0.39, 0.29) is 23.5 Å². The second-order valence-corrected chi connectivity index (χ2v) is 8.75. The fraction of sp³-hybridized carbons (Fsp3) is 0.762. The van der Waals surface area contributed by atoms with Crippen LogP contribution in [0.3, 0.4) is 0 Å². The van der Waals surface area contributed by atoms with Crippen LogP contribution >= 0.6 is 12.6 Å². The summed E-state index contributed by atoms with van der Waals surface area (Å²) in [5.41, 5.74) is 16.5. The number of carboxylic acids is 1. The van der Waals surface area contributed by atoms with Gasteiger partial charge in [-0.05, 0) is 24.7 Å². The first-order valence-corrected chi connectivity index (χ1v) is 12.1. The van der Waals surface area contributed by atoms with Crippen molar-refractivity contribution < 1.29 is 24.3 Å². The third kappa shape index (κ3) is 11.1. The lowest BCUT2D eigenvalue weighted by atomic mass is 9.94. The zero-order valence-electron chi connectivity index (χ0n) is 20.4. The lowest BCUT2D eigenvalue weighted by Gasteiger charge is -2.30. The molecule has 0 aromatic rings. The lowest BCUT2D eigenvalue weighted by molar-refractivity contribution is -0.142. The average molecular weight is 504 g/mol. The Hall–Kier alpha value is -2.54. The highest BCUT2D eigenvalue weighted by Gasteiger charge is 2.34. The van der Waals surface area contributed by atoms with Crippen LogP contribution in [0.25, 0.3) is 0 Å². The van der Waals surface area contributed by atoms with E-state index in [1.165, 1.54) is 0 Å². The van der Waals surface area contributed by atoms with Gasteiger partial charge in [0.25, 0.3) is 0 Å². The molecule has 0 bridgehead atoms. The van der Waals surface area contributed by atoms with Crippen LogP contribution in [0.4, 0.5) is 0 Å². The summed E-state index contributed by atoms with van der Waals surface area (Å²) in [6.07, 6.45) is 1.94. The molecule has 12 nitrogen and oxygen atoms in total. The Kier molecular flexibility index (Phi) is 14.9. The Balaban J connectivity index is 5.40. The van der Waals surface area contributed by atoms with Gasteiger partial charge in [0, 0.05) is 12.3 Å². The highest BCUT2D eigenvalue weighted by Crippen LogP contribution is 2.13. The van der Waals surface area contributed by atoms with Crippen molar-refractivity contribution in [2.45, 2.75) is 77.5 Å². The number of aliphatic imine (C=N–C) groups is 1. The second kappa shape index (κ2) is 16.1. The number of rotatable bonds is 16. The molecule has 0 saturated heterocycles. The van der Waals surface area contributed by atoms with Crippen LogP contribution in [0.15, 0.2) is 4.99 Å². The van der Waals surface area contributed by atoms with Gasteiger partial charge >= 0.3 is 5.97 Å². The third-order valence-corrected chi connectivity index (χ3v) is 6.05. The molecule has 0 rings (SSSR count). The topological polar surface area (TPSA) is 215 Å². The maximum absolute atomic E-state index is 13.1. The zero-order chi connectivity index (χ0) is 26.4. The molecular weight excluding hydrogens is 462 g/mol. The van der Waals surface area contributed by atoms with Gasteiger partial charge in [-0.2, -0.15) is 12.6 Å². The molecule has 0 aromatic heterocycles. The quantitative estimate of drug-likeness (QED) is 0.0560. The van der Waals surface area contributed by atoms with Crippen LogP contribution in [-0.4, -0.2) is 71.2 Å². The molecule has 0 saturated carbocycles. The maximum Gasteiger partial charge on any atom is 0.327 e. The van der Waals surface area contributed by atoms with E-state index < -0.39 is 47.9 Å². The van der Waals surface area contributed by atoms with Crippen LogP contribution in [0.2, 0.25) is 0 Å². The number of guanidine groups is 1. The van der Waals surface area contributed by atoms with E-state index in [1.807, 2.05) is 13.8 Å². The van der Waals surface area contributed by atoms with E-state index in [0.717, 1.165) is 0 Å². The number of nitrogens with one attached hydrogen (secondary N) is 3. The number of carboxylic acid groups (broad SMARTS) is 1. The Bertz CT molecular complexity index is 718. The Morgan fingerprint density at radius 3 is 1.79 bits per heavy atom. The van der Waals surface area contributed by atoms with E-state index >= 15 is 0 Å². The number of hydrogen-bond acceptors (Lipinski definition) is 7. The predicted molar refractivity (Wildman–Crippen MR) is 134 cm³/mol. The monoisotopic (exact) mass is 503 g/mol. The van der Waals surface area contributed by atoms with Gasteiger partial charge in [0.15, 0.2) is 5.96 Å². The molecule has 0 aliphatic rings. The molecular formula is C21H41N7O5S. The van der Waals surface area contributed by atoms with E-state index in [1.54, 1.807) is 13.8 Å². The summed E-state index contributed by atoms with van der Waals surface area (Å²) in [5, 5.41) is 17.0. The van der Waals surface area contributed by atoms with Crippen molar-refractivity contribution in [1.29, 1.82) is 0 Å². The first kappa shape index (κ1) is 31.5. The van der Waals surface area contributed by atoms with Crippen molar-refractivity contribution in [3.05, 3.63) is 0 Å². The minimum atomic E-state index is -1.23. The normalized spacial score (nSPS) is 16.2. The molecule has 6 unspecified atom stereocenters. The van der Waals surface area contributed by atoms with Crippen molar-refractivity contribution in [2.24, 2.45) is 34.0 Å². The maximum atomic E-state index is 13.1. The fourth-order valence-electron chi connectivity index (χ4n) is 3.00. The molecule has 6 atom stereocenters. The minimum Gasteiger partial charge on any atom is -0.480 e. The zero-order valence-corrected chi connectivity index (χ0v) is 21.3. The minimum absolute atomic E-state index is 0.0459. The lowest BCUT2D eigenvalue weighted by Crippen LogP contribution is -2.60. The van der Waals surface area contributed by atoms with Crippen molar-refractivity contribution in [3.8, 4) is 0 Å². The largest absolute Gasteiger partial charge is 0.480 e. The van der Waals surface area contributed by atoms with Gasteiger partial charge in [-0.15, -0.1) is 0 Å². The van der Waals surface area contributed by atoms with Crippen molar-refractivity contribution in [1.82, 2.24) is 16.0 Å². The van der Waals surface area contributed by atoms with Crippen LogP contribution < -0.4 is 33.2 Å². The average Bonchev–Trinajstić information content (AvgIpc) is 2.79. The molecule has 0 radical (unpaired) electrons. The van der Waals surface area contributed by atoms with Gasteiger partial charge in [-0.3, -0.25) is 19.4 Å². The molecule has 3 amide bonds. The molecule has 0 fully saturated rings. The highest BCUT2D eigenvalue weighted by atomic mass is 32.1. The van der Waals surface area contributed by atoms with E-state index in [2.05, 4.69) is 33.6 Å². The van der Waals surface area contributed by atoms with Crippen LogP contribution in [0.1, 0.15) is 53.4 Å². The number of hydrogen-bond donors (Lipinski definition) is 8. The smallest absolute Gasteiger partial charge is 0.327 e. The molecule has 10 N–H and O–H groups in total. The molecule has 13 heteroatoms. The van der Waals surface area contributed by atoms with E-state index in [0.29, 0.717) is 32.2 Å². The fourth-order valence-corrected chi connectivity index (χ4v) is 3.25. The van der Waals surface area contributed by atoms with Gasteiger partial charge < -0.3 is 38.3 Å². The highest BCUT2D eigenvalue weighted by molar-refractivity contribution is 7.80. The van der Waals surface area contributed by atoms with Crippen molar-refractivity contribution >= 4 is 42.3 Å². The molecule has 0 aromatic carbocycles. The molecule has 34 heavy (non-hydrogen) atoms. The Morgan fingerprint density at radius 1 is 0.912 bits per heavy atom. The molecule has 0 aliphatic heterocycles. The SMILES string of the molecule is CCC(C)C(NC(=O)C(N)CCCN=C(N)N)C(=O)NC(C(=O)NC(CS)C(=O)O)C(C)CC. The van der Waals surface area contributed by atoms with Crippen molar-refractivity contribution in [3.63, 3.8) is 0 Å². The van der Waals surface area contributed by atoms with Gasteiger partial charge in [0.1, 0.15) is 18.1 Å². The third-order valence-electron chi connectivity index (χ3n) is 5.69. The number of aliphatic carboxylic acids is 1. The summed E-state index contributed by atoms with van der Waals surface area (Å²) in [4.78, 5) is 53.6. The number of thiol groups is 1. The standard InChI is InChI=1S/C21H41N7O5S/c1-5-11(3)15(18(30)26-14(10-34)20(32)33)28-19(31)16(12(4)6-2)27-17(29)13(22)8-7-9-25-21(23)24/h11-16,34H,5-10,22H2,1-4H3,(H,26,30)(H,27,29)(H,28,31)(H,32,33)(H4,23,24,25). The summed E-state index contributed by atoms with van der Waals surface area (Å²) in [5.74, 6) is -3.59. The van der Waals surface area contributed by atoms with Gasteiger partial charge in [0.05, 0.1) is 6.04 Å². The Morgan fingerprint density at radius 2 is 1.38 bits per heavy atom. The summed E-state index contributed by atoms with van der Waals surface area (Å²) in [6, 6.07) is -3.98. The summed E-state index contributed by atoms with van der Waals surface area (Å²) in [6.45, 7) is 7.61. The molecule has 0 aliphatic carbocycles. The first-order valence-electron chi connectivity index (χ1n) is 11.4. The number of nitrogens with two attached hydrogens (primary N) is 3. The summed E-state index contributed by atoms with van der Waals surface area (Å²) < 4.78 is 0. The van der Waals surface area contributed by atoms with Crippen LogP contribution in [0, 0.1) is 11.8 Å². The number of nitrogens with zero attached hydrogens (tertiary/aromatic N) is 1. The number of carbonyl (C=O) groups excluding carboxylic acids is 3. The van der Waals surface area contributed by atoms with Gasteiger partial charge in [-0.1, -0.05) is 40.5 Å². The van der Waals surface area contributed by atoms with Crippen molar-refractivity contribution in [2.75, 3.05) is 12.3 Å². The molecule has 196 valence electrons. The van der Waals surface area contributed by atoms with Crippen LogP contribution in [0.5, 0.6) is 0 Å². The predicted octanol–water partition coefficient (Wildman–Crippen LogP) is -1.07. The number of amides is 3. The molecule has 0 heterocycles. The van der Waals surface area contributed by atoms with Gasteiger partial charge in [-0.25, -0.2) is 4.79 Å².